The van der Waals surface area contributed by atoms with Crippen LogP contribution in [0.5, 0.6) is 11.5 Å². The third-order valence-electron chi connectivity index (χ3n) is 2.82. The van der Waals surface area contributed by atoms with E-state index in [1.807, 2.05) is 0 Å². The number of benzene rings is 1. The van der Waals surface area contributed by atoms with Gasteiger partial charge in [-0.1, -0.05) is 6.07 Å². The monoisotopic (exact) mass is 337 g/mol. The average molecular weight is 337 g/mol. The van der Waals surface area contributed by atoms with Crippen molar-refractivity contribution in [2.75, 3.05) is 13.7 Å². The molecule has 1 unspecified atom stereocenters. The number of carbonyl (C=O) groups is 2. The van der Waals surface area contributed by atoms with Crippen LogP contribution >= 0.6 is 0 Å². The lowest BCUT2D eigenvalue weighted by molar-refractivity contribution is -0.143. The normalized spacial score (nSPS) is 12.7. The zero-order chi connectivity index (χ0) is 18.3. The molecular weight excluding hydrogens is 314 g/mol. The molecule has 1 N–H and O–H groups in total. The molecule has 24 heavy (non-hydrogen) atoms. The van der Waals surface area contributed by atoms with Gasteiger partial charge in [-0.3, -0.25) is 4.79 Å². The number of rotatable bonds is 5. The Kier molecular flexibility index (Phi) is 6.76. The van der Waals surface area contributed by atoms with Gasteiger partial charge in [0.1, 0.15) is 23.0 Å². The number of esters is 1. The average Bonchev–Trinajstić information content (AvgIpc) is 2.47. The van der Waals surface area contributed by atoms with Crippen LogP contribution in [-0.4, -0.2) is 42.7 Å². The highest BCUT2D eigenvalue weighted by atomic mass is 16.6. The summed E-state index contributed by atoms with van der Waals surface area (Å²) in [6.45, 7) is 6.99. The van der Waals surface area contributed by atoms with Crippen LogP contribution in [0.15, 0.2) is 23.2 Å². The first-order valence-corrected chi connectivity index (χ1v) is 7.48. The van der Waals surface area contributed by atoms with Gasteiger partial charge in [0.05, 0.1) is 13.7 Å². The number of ether oxygens (including phenoxy) is 3. The van der Waals surface area contributed by atoms with Crippen LogP contribution in [0, 0.1) is 0 Å². The van der Waals surface area contributed by atoms with E-state index in [0.717, 1.165) is 6.21 Å². The van der Waals surface area contributed by atoms with E-state index in [1.165, 1.54) is 25.3 Å². The molecule has 0 spiro atoms. The first kappa shape index (κ1) is 19.5. The molecule has 1 rings (SSSR count). The Morgan fingerprint density at radius 1 is 1.33 bits per heavy atom. The summed E-state index contributed by atoms with van der Waals surface area (Å²) in [4.78, 5) is 27.6. The maximum absolute atomic E-state index is 12.2. The molecule has 1 aromatic rings. The molecule has 0 radical (unpaired) electrons. The molecule has 0 saturated carbocycles. The Morgan fingerprint density at radius 3 is 2.54 bits per heavy atom. The molecular formula is C17H23NO6. The van der Waals surface area contributed by atoms with Crippen LogP contribution in [0.4, 0.5) is 4.79 Å². The van der Waals surface area contributed by atoms with Crippen molar-refractivity contribution >= 4 is 18.3 Å². The Bertz CT molecular complexity index is 618. The smallest absolute Gasteiger partial charge is 0.433 e. The van der Waals surface area contributed by atoms with Crippen LogP contribution < -0.4 is 4.74 Å². The molecule has 7 heteroatoms. The summed E-state index contributed by atoms with van der Waals surface area (Å²) in [5.74, 6) is -1.28. The summed E-state index contributed by atoms with van der Waals surface area (Å²) in [5.41, 5.74) is -0.273. The standard InChI is InChI=1S/C17H23NO6/c1-6-23-15(20)13(10-18-16(21)24-17(2,3)4)12-8-7-11(19)9-14(12)22-5/h7-10,13,19H,6H2,1-5H3/b18-10+. The fourth-order valence-corrected chi connectivity index (χ4v) is 1.88. The lowest BCUT2D eigenvalue weighted by atomic mass is 9.99. The predicted octanol–water partition coefficient (Wildman–Crippen LogP) is 3.05. The van der Waals surface area contributed by atoms with Crippen LogP contribution in [0.1, 0.15) is 39.2 Å². The zero-order valence-corrected chi connectivity index (χ0v) is 14.5. The molecule has 1 aromatic carbocycles. The number of hydrogen-bond acceptors (Lipinski definition) is 6. The number of carbonyl (C=O) groups excluding carboxylic acids is 2. The molecule has 132 valence electrons. The number of amides is 1. The third kappa shape index (κ3) is 5.91. The number of aromatic hydroxyl groups is 1. The highest BCUT2D eigenvalue weighted by molar-refractivity contribution is 5.99. The van der Waals surface area contributed by atoms with Gasteiger partial charge in [0.15, 0.2) is 0 Å². The van der Waals surface area contributed by atoms with E-state index < -0.39 is 23.6 Å². The molecule has 1 amide bonds. The molecule has 0 aromatic heterocycles. The molecule has 0 heterocycles. The summed E-state index contributed by atoms with van der Waals surface area (Å²) >= 11 is 0. The van der Waals surface area contributed by atoms with Gasteiger partial charge in [-0.15, -0.1) is 0 Å². The van der Waals surface area contributed by atoms with Crippen molar-refractivity contribution in [3.05, 3.63) is 23.8 Å². The number of aliphatic imine (C=N–C) groups is 1. The van der Waals surface area contributed by atoms with Gasteiger partial charge < -0.3 is 19.3 Å². The SMILES string of the molecule is CCOC(=O)C(/C=N/C(=O)OC(C)(C)C)c1ccc(O)cc1OC. The number of phenolic OH excluding ortho intramolecular Hbond substituents is 1. The van der Waals surface area contributed by atoms with Crippen molar-refractivity contribution in [2.45, 2.75) is 39.2 Å². The van der Waals surface area contributed by atoms with E-state index >= 15 is 0 Å². The summed E-state index contributed by atoms with van der Waals surface area (Å²) in [5, 5.41) is 9.53. The minimum atomic E-state index is -0.965. The van der Waals surface area contributed by atoms with E-state index in [0.29, 0.717) is 5.56 Å². The van der Waals surface area contributed by atoms with Crippen molar-refractivity contribution in [3.63, 3.8) is 0 Å². The Labute approximate surface area is 141 Å². The minimum Gasteiger partial charge on any atom is -0.508 e. The second kappa shape index (κ2) is 8.33. The van der Waals surface area contributed by atoms with Crippen LogP contribution in [0.25, 0.3) is 0 Å². The van der Waals surface area contributed by atoms with E-state index in [2.05, 4.69) is 4.99 Å². The first-order valence-electron chi connectivity index (χ1n) is 7.48. The van der Waals surface area contributed by atoms with E-state index in [1.54, 1.807) is 27.7 Å². The predicted molar refractivity (Wildman–Crippen MR) is 88.8 cm³/mol. The second-order valence-corrected chi connectivity index (χ2v) is 5.91. The number of hydrogen-bond donors (Lipinski definition) is 1. The van der Waals surface area contributed by atoms with Crippen molar-refractivity contribution < 1.29 is 28.9 Å². The lowest BCUT2D eigenvalue weighted by Crippen LogP contribution is -2.23. The summed E-state index contributed by atoms with van der Waals surface area (Å²) in [6, 6.07) is 4.28. The summed E-state index contributed by atoms with van der Waals surface area (Å²) < 4.78 is 15.3. The minimum absolute atomic E-state index is 0.0118. The van der Waals surface area contributed by atoms with E-state index in [4.69, 9.17) is 14.2 Å². The van der Waals surface area contributed by atoms with Crippen LogP contribution in [0.2, 0.25) is 0 Å². The summed E-state index contributed by atoms with van der Waals surface area (Å²) in [7, 11) is 1.41. The number of phenols is 1. The van der Waals surface area contributed by atoms with Gasteiger partial charge in [-0.05, 0) is 33.8 Å². The first-order chi connectivity index (χ1) is 11.2. The molecule has 0 aliphatic heterocycles. The largest absolute Gasteiger partial charge is 0.508 e. The highest BCUT2D eigenvalue weighted by Crippen LogP contribution is 2.30. The van der Waals surface area contributed by atoms with Crippen molar-refractivity contribution in [3.8, 4) is 11.5 Å². The third-order valence-corrected chi connectivity index (χ3v) is 2.82. The molecule has 1 atom stereocenters. The maximum atomic E-state index is 12.2. The second-order valence-electron chi connectivity index (χ2n) is 5.91. The molecule has 0 saturated heterocycles. The van der Waals surface area contributed by atoms with Gasteiger partial charge >= 0.3 is 12.1 Å². The van der Waals surface area contributed by atoms with Gasteiger partial charge in [0.2, 0.25) is 0 Å². The van der Waals surface area contributed by atoms with Crippen molar-refractivity contribution in [2.24, 2.45) is 4.99 Å². The van der Waals surface area contributed by atoms with Crippen molar-refractivity contribution in [1.82, 2.24) is 0 Å². The molecule has 0 fully saturated rings. The van der Waals surface area contributed by atoms with Crippen molar-refractivity contribution in [1.29, 1.82) is 0 Å². The number of methoxy groups -OCH3 is 1. The highest BCUT2D eigenvalue weighted by Gasteiger charge is 2.25. The zero-order valence-electron chi connectivity index (χ0n) is 14.5. The topological polar surface area (TPSA) is 94.4 Å². The van der Waals surface area contributed by atoms with Gasteiger partial charge in [-0.25, -0.2) is 4.79 Å². The fourth-order valence-electron chi connectivity index (χ4n) is 1.88. The molecule has 0 aliphatic rings. The fraction of sp³-hybridized carbons (Fsp3) is 0.471. The van der Waals surface area contributed by atoms with E-state index in [-0.39, 0.29) is 18.1 Å². The van der Waals surface area contributed by atoms with Gasteiger partial charge in [-0.2, -0.15) is 4.99 Å². The van der Waals surface area contributed by atoms with E-state index in [9.17, 15) is 14.7 Å². The molecule has 7 nitrogen and oxygen atoms in total. The Hall–Kier alpha value is -2.57. The maximum Gasteiger partial charge on any atom is 0.433 e. The van der Waals surface area contributed by atoms with Gasteiger partial charge in [0, 0.05) is 17.8 Å². The van der Waals surface area contributed by atoms with Crippen LogP contribution in [-0.2, 0) is 14.3 Å². The molecule has 0 bridgehead atoms. The quantitative estimate of drug-likeness (QED) is 0.655. The molecule has 0 aliphatic carbocycles. The van der Waals surface area contributed by atoms with Gasteiger partial charge in [0.25, 0.3) is 0 Å². The summed E-state index contributed by atoms with van der Waals surface area (Å²) in [6.07, 6.45) is 0.343. The van der Waals surface area contributed by atoms with Crippen LogP contribution in [0.3, 0.4) is 0 Å². The Balaban J connectivity index is 3.14. The Morgan fingerprint density at radius 2 is 2.00 bits per heavy atom. The number of nitrogens with zero attached hydrogens (tertiary/aromatic N) is 1. The lowest BCUT2D eigenvalue weighted by Gasteiger charge is -2.18.